The van der Waals surface area contributed by atoms with Gasteiger partial charge in [-0.3, -0.25) is 4.90 Å². The molecular formula is C20H26N2. The summed E-state index contributed by atoms with van der Waals surface area (Å²) in [6, 6.07) is 22.6. The van der Waals surface area contributed by atoms with Crippen molar-refractivity contribution in [2.75, 3.05) is 13.1 Å². The van der Waals surface area contributed by atoms with Crippen LogP contribution in [-0.4, -0.2) is 29.6 Å². The van der Waals surface area contributed by atoms with Gasteiger partial charge in [-0.15, -0.1) is 0 Å². The quantitative estimate of drug-likeness (QED) is 0.901. The molecule has 0 amide bonds. The first-order chi connectivity index (χ1) is 10.7. The Morgan fingerprint density at radius 3 is 1.95 bits per heavy atom. The lowest BCUT2D eigenvalue weighted by Crippen LogP contribution is -2.73. The van der Waals surface area contributed by atoms with Gasteiger partial charge in [0.1, 0.15) is 0 Å². The maximum atomic E-state index is 3.65. The van der Waals surface area contributed by atoms with Gasteiger partial charge >= 0.3 is 0 Å². The van der Waals surface area contributed by atoms with E-state index in [0.717, 1.165) is 13.1 Å². The molecule has 1 aliphatic heterocycles. The van der Waals surface area contributed by atoms with Crippen molar-refractivity contribution in [3.05, 3.63) is 71.8 Å². The summed E-state index contributed by atoms with van der Waals surface area (Å²) in [7, 11) is 0. The number of likely N-dealkylation sites (N-methyl/N-ethyl adjacent to an activating group) is 1. The van der Waals surface area contributed by atoms with E-state index < -0.39 is 0 Å². The van der Waals surface area contributed by atoms with E-state index in [1.807, 2.05) is 0 Å². The van der Waals surface area contributed by atoms with Gasteiger partial charge in [0.2, 0.25) is 0 Å². The number of nitrogens with zero attached hydrogens (tertiary/aromatic N) is 1. The molecule has 2 atom stereocenters. The van der Waals surface area contributed by atoms with Gasteiger partial charge in [0.15, 0.2) is 0 Å². The van der Waals surface area contributed by atoms with Crippen molar-refractivity contribution in [3.8, 4) is 0 Å². The molecule has 0 aliphatic carbocycles. The van der Waals surface area contributed by atoms with Crippen LogP contribution in [0.25, 0.3) is 0 Å². The summed E-state index contributed by atoms with van der Waals surface area (Å²) in [5.41, 5.74) is 2.97. The molecule has 2 aromatic carbocycles. The van der Waals surface area contributed by atoms with Crippen molar-refractivity contribution >= 4 is 0 Å². The van der Waals surface area contributed by atoms with Crippen LogP contribution in [0.4, 0.5) is 0 Å². The topological polar surface area (TPSA) is 15.3 Å². The summed E-state index contributed by atoms with van der Waals surface area (Å²) in [4.78, 5) is 2.60. The molecule has 0 spiro atoms. The highest BCUT2D eigenvalue weighted by Crippen LogP contribution is 2.40. The van der Waals surface area contributed by atoms with Crippen LogP contribution < -0.4 is 5.32 Å². The zero-order valence-corrected chi connectivity index (χ0v) is 13.8. The van der Waals surface area contributed by atoms with Gasteiger partial charge in [-0.05, 0) is 31.5 Å². The normalized spacial score (nSPS) is 25.2. The van der Waals surface area contributed by atoms with Crippen LogP contribution in [0.5, 0.6) is 0 Å². The minimum atomic E-state index is 0.219. The number of hydrogen-bond donors (Lipinski definition) is 1. The highest BCUT2D eigenvalue weighted by Gasteiger charge is 2.48. The summed E-state index contributed by atoms with van der Waals surface area (Å²) in [6.07, 6.45) is 0. The van der Waals surface area contributed by atoms with Crippen molar-refractivity contribution in [2.45, 2.75) is 38.4 Å². The fourth-order valence-corrected chi connectivity index (χ4v) is 3.67. The zero-order valence-electron chi connectivity index (χ0n) is 13.8. The molecule has 1 aliphatic rings. The predicted octanol–water partition coefficient (Wildman–Crippen LogP) is 3.85. The fraction of sp³-hybridized carbons (Fsp3) is 0.400. The second kappa shape index (κ2) is 6.23. The first-order valence-corrected chi connectivity index (χ1v) is 8.26. The van der Waals surface area contributed by atoms with E-state index in [9.17, 15) is 0 Å². The number of hydrogen-bond acceptors (Lipinski definition) is 2. The van der Waals surface area contributed by atoms with Gasteiger partial charge < -0.3 is 5.32 Å². The molecule has 116 valence electrons. The first-order valence-electron chi connectivity index (χ1n) is 8.26. The average molecular weight is 294 g/mol. The van der Waals surface area contributed by atoms with Crippen LogP contribution in [0, 0.1) is 0 Å². The maximum absolute atomic E-state index is 3.65. The fourth-order valence-electron chi connectivity index (χ4n) is 3.67. The molecule has 1 N–H and O–H groups in total. The van der Waals surface area contributed by atoms with Crippen molar-refractivity contribution in [2.24, 2.45) is 0 Å². The Hall–Kier alpha value is -1.64. The molecule has 3 rings (SSSR count). The second-order valence-electron chi connectivity index (χ2n) is 6.52. The average Bonchev–Trinajstić information content (AvgIpc) is 2.56. The minimum absolute atomic E-state index is 0.219. The highest BCUT2D eigenvalue weighted by molar-refractivity contribution is 5.33. The van der Waals surface area contributed by atoms with Crippen LogP contribution in [0.3, 0.4) is 0 Å². The number of nitrogens with one attached hydrogen (secondary N) is 1. The first kappa shape index (κ1) is 15.3. The molecule has 22 heavy (non-hydrogen) atoms. The number of benzene rings is 2. The molecule has 0 radical (unpaired) electrons. The third-order valence-corrected chi connectivity index (χ3v) is 5.07. The van der Waals surface area contributed by atoms with Crippen LogP contribution in [0.15, 0.2) is 60.7 Å². The van der Waals surface area contributed by atoms with Crippen molar-refractivity contribution in [1.82, 2.24) is 10.2 Å². The number of rotatable bonds is 5. The lowest BCUT2D eigenvalue weighted by Gasteiger charge is -2.58. The third-order valence-electron chi connectivity index (χ3n) is 5.07. The van der Waals surface area contributed by atoms with E-state index in [1.165, 1.54) is 11.1 Å². The van der Waals surface area contributed by atoms with Gasteiger partial charge in [0, 0.05) is 18.1 Å². The lowest BCUT2D eigenvalue weighted by atomic mass is 9.79. The molecule has 2 aromatic rings. The Morgan fingerprint density at radius 2 is 1.55 bits per heavy atom. The summed E-state index contributed by atoms with van der Waals surface area (Å²) >= 11 is 0. The Balaban J connectivity index is 1.92. The molecule has 0 saturated carbocycles. The molecule has 2 nitrogen and oxygen atoms in total. The van der Waals surface area contributed by atoms with Crippen molar-refractivity contribution in [3.63, 3.8) is 0 Å². The molecule has 0 bridgehead atoms. The van der Waals surface area contributed by atoms with E-state index in [-0.39, 0.29) is 5.54 Å². The summed E-state index contributed by atoms with van der Waals surface area (Å²) in [5.74, 6) is 0. The van der Waals surface area contributed by atoms with Crippen molar-refractivity contribution < 1.29 is 0 Å². The van der Waals surface area contributed by atoms with Crippen LogP contribution in [0.2, 0.25) is 0 Å². The number of likely N-dealkylation sites (tertiary alicyclic amines) is 1. The summed E-state index contributed by atoms with van der Waals surface area (Å²) in [5, 5.41) is 3.65. The van der Waals surface area contributed by atoms with Crippen LogP contribution >= 0.6 is 0 Å². The Labute approximate surface area is 134 Å². The lowest BCUT2D eigenvalue weighted by molar-refractivity contribution is -0.0340. The van der Waals surface area contributed by atoms with Gasteiger partial charge in [0.25, 0.3) is 0 Å². The van der Waals surface area contributed by atoms with Crippen molar-refractivity contribution in [1.29, 1.82) is 0 Å². The van der Waals surface area contributed by atoms with Gasteiger partial charge in [-0.2, -0.15) is 0 Å². The molecular weight excluding hydrogens is 268 g/mol. The summed E-state index contributed by atoms with van der Waals surface area (Å²) in [6.45, 7) is 8.97. The second-order valence-corrected chi connectivity index (χ2v) is 6.52. The zero-order chi connectivity index (χ0) is 15.6. The standard InChI is InChI=1S/C20H26N2/c1-4-21-20(3)15-22(16(20)2)19(17-11-7-5-8-12-17)18-13-9-6-10-14-18/h5-14,16,19,21H,4,15H2,1-3H3. The monoisotopic (exact) mass is 294 g/mol. The largest absolute Gasteiger partial charge is 0.309 e. The van der Waals surface area contributed by atoms with Gasteiger partial charge in [-0.1, -0.05) is 67.6 Å². The Kier molecular flexibility index (Phi) is 4.32. The predicted molar refractivity (Wildman–Crippen MR) is 93.0 cm³/mol. The minimum Gasteiger partial charge on any atom is -0.309 e. The molecule has 1 heterocycles. The van der Waals surface area contributed by atoms with E-state index in [0.29, 0.717) is 12.1 Å². The molecule has 2 unspecified atom stereocenters. The van der Waals surface area contributed by atoms with Crippen LogP contribution in [-0.2, 0) is 0 Å². The van der Waals surface area contributed by atoms with E-state index in [1.54, 1.807) is 0 Å². The molecule has 0 aromatic heterocycles. The Bertz CT molecular complexity index is 556. The van der Waals surface area contributed by atoms with E-state index in [2.05, 4.69) is 91.7 Å². The maximum Gasteiger partial charge on any atom is 0.0605 e. The van der Waals surface area contributed by atoms with Gasteiger partial charge in [-0.25, -0.2) is 0 Å². The Morgan fingerprint density at radius 1 is 1.05 bits per heavy atom. The van der Waals surface area contributed by atoms with E-state index in [4.69, 9.17) is 0 Å². The highest BCUT2D eigenvalue weighted by atomic mass is 15.3. The molecule has 2 heteroatoms. The summed E-state index contributed by atoms with van der Waals surface area (Å²) < 4.78 is 0. The molecule has 1 fully saturated rings. The third kappa shape index (κ3) is 2.69. The van der Waals surface area contributed by atoms with Gasteiger partial charge in [0.05, 0.1) is 6.04 Å². The van der Waals surface area contributed by atoms with Crippen LogP contribution in [0.1, 0.15) is 37.9 Å². The van der Waals surface area contributed by atoms with E-state index >= 15 is 0 Å². The SMILES string of the molecule is CCNC1(C)CN(C(c2ccccc2)c2ccccc2)C1C. The molecule has 1 saturated heterocycles. The smallest absolute Gasteiger partial charge is 0.0605 e.